The Morgan fingerprint density at radius 3 is 2.72 bits per heavy atom. The van der Waals surface area contributed by atoms with Crippen molar-refractivity contribution in [1.82, 2.24) is 15.3 Å². The molecule has 0 aliphatic rings. The number of amides is 1. The number of rotatable bonds is 5. The van der Waals surface area contributed by atoms with Crippen LogP contribution in [0.25, 0.3) is 0 Å². The quantitative estimate of drug-likeness (QED) is 0.705. The molecule has 0 spiro atoms. The van der Waals surface area contributed by atoms with Gasteiger partial charge in [0.15, 0.2) is 0 Å². The van der Waals surface area contributed by atoms with Gasteiger partial charge in [0.25, 0.3) is 5.91 Å². The molecule has 1 aromatic carbocycles. The number of carbonyl (C=O) groups excluding carboxylic acids is 1. The van der Waals surface area contributed by atoms with Crippen LogP contribution in [0.2, 0.25) is 4.34 Å². The van der Waals surface area contributed by atoms with Gasteiger partial charge in [-0.15, -0.1) is 11.3 Å². The number of hydrogen-bond donors (Lipinski definition) is 1. The number of thiophene rings is 1. The van der Waals surface area contributed by atoms with Crippen molar-refractivity contribution < 1.29 is 13.9 Å². The third-order valence-corrected chi connectivity index (χ3v) is 4.73. The number of nitrogens with zero attached hydrogens (tertiary/aromatic N) is 2. The van der Waals surface area contributed by atoms with E-state index in [4.69, 9.17) is 16.3 Å². The molecule has 0 bridgehead atoms. The highest BCUT2D eigenvalue weighted by Crippen LogP contribution is 2.28. The topological polar surface area (TPSA) is 64.1 Å². The van der Waals surface area contributed by atoms with E-state index in [1.54, 1.807) is 6.07 Å². The molecule has 3 rings (SSSR count). The van der Waals surface area contributed by atoms with Crippen molar-refractivity contribution in [1.29, 1.82) is 0 Å². The second kappa shape index (κ2) is 7.58. The molecule has 25 heavy (non-hydrogen) atoms. The summed E-state index contributed by atoms with van der Waals surface area (Å²) in [7, 11) is 0. The lowest BCUT2D eigenvalue weighted by Crippen LogP contribution is -2.26. The Bertz CT molecular complexity index is 886. The Morgan fingerprint density at radius 2 is 2.04 bits per heavy atom. The number of halogens is 2. The van der Waals surface area contributed by atoms with Crippen LogP contribution in [0.3, 0.4) is 0 Å². The maximum Gasteiger partial charge on any atom is 0.258 e. The van der Waals surface area contributed by atoms with E-state index in [9.17, 15) is 9.18 Å². The van der Waals surface area contributed by atoms with Crippen molar-refractivity contribution in [3.63, 3.8) is 0 Å². The minimum Gasteiger partial charge on any atom is -0.438 e. The summed E-state index contributed by atoms with van der Waals surface area (Å²) in [6.07, 6.45) is 2.65. The molecule has 0 fully saturated rings. The first-order valence-corrected chi connectivity index (χ1v) is 8.52. The van der Waals surface area contributed by atoms with Crippen molar-refractivity contribution in [2.75, 3.05) is 0 Å². The number of carbonyl (C=O) groups is 1. The molecule has 0 radical (unpaired) electrons. The summed E-state index contributed by atoms with van der Waals surface area (Å²) in [5, 5.41) is 2.85. The molecule has 8 heteroatoms. The normalized spacial score (nSPS) is 11.8. The maximum atomic E-state index is 13.0. The number of benzene rings is 1. The van der Waals surface area contributed by atoms with E-state index in [-0.39, 0.29) is 29.2 Å². The van der Waals surface area contributed by atoms with E-state index >= 15 is 0 Å². The van der Waals surface area contributed by atoms with Crippen LogP contribution in [0.15, 0.2) is 48.9 Å². The summed E-state index contributed by atoms with van der Waals surface area (Å²) in [6.45, 7) is 1.85. The van der Waals surface area contributed by atoms with E-state index < -0.39 is 0 Å². The van der Waals surface area contributed by atoms with Gasteiger partial charge in [0, 0.05) is 11.1 Å². The summed E-state index contributed by atoms with van der Waals surface area (Å²) >= 11 is 7.32. The third kappa shape index (κ3) is 4.32. The molecule has 3 aromatic rings. The minimum absolute atomic E-state index is 0.0931. The minimum atomic E-state index is -0.380. The third-order valence-electron chi connectivity index (χ3n) is 3.32. The summed E-state index contributed by atoms with van der Waals surface area (Å²) in [5.74, 6) is -0.297. The van der Waals surface area contributed by atoms with Crippen LogP contribution >= 0.6 is 22.9 Å². The first kappa shape index (κ1) is 17.3. The van der Waals surface area contributed by atoms with Crippen molar-refractivity contribution in [2.24, 2.45) is 0 Å². The van der Waals surface area contributed by atoms with Crippen LogP contribution in [0.4, 0.5) is 4.39 Å². The molecule has 1 amide bonds. The fourth-order valence-corrected chi connectivity index (χ4v) is 3.14. The van der Waals surface area contributed by atoms with Crippen LogP contribution in [0.1, 0.15) is 28.2 Å². The highest BCUT2D eigenvalue weighted by molar-refractivity contribution is 7.16. The SMILES string of the molecule is CC(NC(=O)c1cncnc1Oc1ccc(F)cc1)c1ccc(Cl)s1. The van der Waals surface area contributed by atoms with Crippen molar-refractivity contribution in [3.05, 3.63) is 69.5 Å². The molecule has 2 heterocycles. The first-order valence-electron chi connectivity index (χ1n) is 7.32. The molecule has 0 aliphatic carbocycles. The Balaban J connectivity index is 1.77. The van der Waals surface area contributed by atoms with Crippen LogP contribution in [0, 0.1) is 5.82 Å². The second-order valence-electron chi connectivity index (χ2n) is 5.13. The average molecular weight is 378 g/mol. The van der Waals surface area contributed by atoms with Gasteiger partial charge in [-0.1, -0.05) is 11.6 Å². The van der Waals surface area contributed by atoms with Gasteiger partial charge >= 0.3 is 0 Å². The predicted molar refractivity (Wildman–Crippen MR) is 93.7 cm³/mol. The molecule has 128 valence electrons. The van der Waals surface area contributed by atoms with Gasteiger partial charge in [-0.2, -0.15) is 0 Å². The lowest BCUT2D eigenvalue weighted by Gasteiger charge is -2.14. The number of nitrogens with one attached hydrogen (secondary N) is 1. The monoisotopic (exact) mass is 377 g/mol. The zero-order valence-corrected chi connectivity index (χ0v) is 14.6. The Labute approximate surface area is 152 Å². The van der Waals surface area contributed by atoms with Crippen LogP contribution in [-0.2, 0) is 0 Å². The Kier molecular flexibility index (Phi) is 5.25. The fraction of sp³-hybridized carbons (Fsp3) is 0.118. The molecule has 1 atom stereocenters. The molecule has 0 aliphatic heterocycles. The van der Waals surface area contributed by atoms with Crippen LogP contribution in [-0.4, -0.2) is 15.9 Å². The molecular weight excluding hydrogens is 365 g/mol. The summed E-state index contributed by atoms with van der Waals surface area (Å²) in [5.41, 5.74) is 0.182. The van der Waals surface area contributed by atoms with E-state index in [1.165, 1.54) is 48.1 Å². The lowest BCUT2D eigenvalue weighted by molar-refractivity contribution is 0.0937. The van der Waals surface area contributed by atoms with Gasteiger partial charge in [0.1, 0.15) is 23.5 Å². The zero-order valence-electron chi connectivity index (χ0n) is 13.1. The first-order chi connectivity index (χ1) is 12.0. The molecule has 0 saturated heterocycles. The van der Waals surface area contributed by atoms with E-state index in [0.29, 0.717) is 10.1 Å². The molecular formula is C17H13ClFN3O2S. The number of aromatic nitrogens is 2. The van der Waals surface area contributed by atoms with Crippen molar-refractivity contribution in [3.8, 4) is 11.6 Å². The zero-order chi connectivity index (χ0) is 17.8. The van der Waals surface area contributed by atoms with E-state index in [1.807, 2.05) is 13.0 Å². The van der Waals surface area contributed by atoms with E-state index in [2.05, 4.69) is 15.3 Å². The van der Waals surface area contributed by atoms with Gasteiger partial charge < -0.3 is 10.1 Å². The number of hydrogen-bond acceptors (Lipinski definition) is 5. The summed E-state index contributed by atoms with van der Waals surface area (Å²) < 4.78 is 19.2. The summed E-state index contributed by atoms with van der Waals surface area (Å²) in [4.78, 5) is 21.3. The van der Waals surface area contributed by atoms with Crippen LogP contribution in [0.5, 0.6) is 11.6 Å². The molecule has 0 saturated carbocycles. The fourth-order valence-electron chi connectivity index (χ4n) is 2.08. The van der Waals surface area contributed by atoms with Gasteiger partial charge in [-0.25, -0.2) is 14.4 Å². The second-order valence-corrected chi connectivity index (χ2v) is 6.88. The number of ether oxygens (including phenoxy) is 1. The Morgan fingerprint density at radius 1 is 1.28 bits per heavy atom. The van der Waals surface area contributed by atoms with Crippen molar-refractivity contribution >= 4 is 28.8 Å². The molecule has 2 aromatic heterocycles. The largest absolute Gasteiger partial charge is 0.438 e. The smallest absolute Gasteiger partial charge is 0.258 e. The van der Waals surface area contributed by atoms with E-state index in [0.717, 1.165) is 4.88 Å². The lowest BCUT2D eigenvalue weighted by atomic mass is 10.2. The van der Waals surface area contributed by atoms with Gasteiger partial charge in [0.2, 0.25) is 5.88 Å². The molecule has 5 nitrogen and oxygen atoms in total. The van der Waals surface area contributed by atoms with Gasteiger partial charge in [0.05, 0.1) is 10.4 Å². The maximum absolute atomic E-state index is 13.0. The molecule has 1 unspecified atom stereocenters. The highest BCUT2D eigenvalue weighted by Gasteiger charge is 2.18. The average Bonchev–Trinajstić information content (AvgIpc) is 3.04. The standard InChI is InChI=1S/C17H13ClFN3O2S/c1-10(14-6-7-15(18)25-14)22-16(23)13-8-20-9-21-17(13)24-12-4-2-11(19)3-5-12/h2-10H,1H3,(H,22,23). The van der Waals surface area contributed by atoms with Gasteiger partial charge in [-0.3, -0.25) is 4.79 Å². The molecule has 1 N–H and O–H groups in total. The van der Waals surface area contributed by atoms with Crippen LogP contribution < -0.4 is 10.1 Å². The van der Waals surface area contributed by atoms with Gasteiger partial charge in [-0.05, 0) is 43.3 Å². The summed E-state index contributed by atoms with van der Waals surface area (Å²) in [6, 6.07) is 8.83. The highest BCUT2D eigenvalue weighted by atomic mass is 35.5. The predicted octanol–water partition coefficient (Wildman–Crippen LogP) is 4.61. The van der Waals surface area contributed by atoms with Crippen molar-refractivity contribution in [2.45, 2.75) is 13.0 Å². The Hall–Kier alpha value is -2.51.